The number of carbonyl (C=O) groups is 1. The molecule has 1 aromatic heterocycles. The lowest BCUT2D eigenvalue weighted by Crippen LogP contribution is -2.38. The molecular weight excluding hydrogens is 256 g/mol. The number of hydrogen-bond acceptors (Lipinski definition) is 4. The summed E-state index contributed by atoms with van der Waals surface area (Å²) < 4.78 is 5.39. The molecule has 2 atom stereocenters. The molecule has 2 aliphatic heterocycles. The number of aromatic nitrogens is 1. The van der Waals surface area contributed by atoms with Crippen LogP contribution < -0.4 is 0 Å². The summed E-state index contributed by atoms with van der Waals surface area (Å²) in [4.78, 5) is 18.0. The molecule has 0 bridgehead atoms. The highest BCUT2D eigenvalue weighted by atomic mass is 16.5. The average molecular weight is 276 g/mol. The van der Waals surface area contributed by atoms with Gasteiger partial charge in [-0.3, -0.25) is 14.7 Å². The number of pyridine rings is 1. The van der Waals surface area contributed by atoms with Gasteiger partial charge in [-0.1, -0.05) is 6.07 Å². The molecule has 0 aliphatic carbocycles. The standard InChI is InChI=1S/C15H20N2O3/c18-15(19)14-10-17(12-3-6-20-7-4-12)9-13(14)11-2-1-5-16-8-11/h1-2,5,8,12-14H,3-4,6-7,9-10H2,(H,18,19). The lowest BCUT2D eigenvalue weighted by Gasteiger charge is -2.31. The van der Waals surface area contributed by atoms with E-state index in [9.17, 15) is 9.90 Å². The molecule has 2 fully saturated rings. The Kier molecular flexibility index (Phi) is 3.98. The van der Waals surface area contributed by atoms with Crippen molar-refractivity contribution in [3.63, 3.8) is 0 Å². The van der Waals surface area contributed by atoms with E-state index in [0.29, 0.717) is 12.6 Å². The first kappa shape index (κ1) is 13.5. The fraction of sp³-hybridized carbons (Fsp3) is 0.600. The molecule has 0 aromatic carbocycles. The van der Waals surface area contributed by atoms with Gasteiger partial charge in [-0.2, -0.15) is 0 Å². The summed E-state index contributed by atoms with van der Waals surface area (Å²) in [6.07, 6.45) is 5.54. The minimum Gasteiger partial charge on any atom is -0.481 e. The van der Waals surface area contributed by atoms with Crippen LogP contribution in [0.5, 0.6) is 0 Å². The topological polar surface area (TPSA) is 62.7 Å². The molecular formula is C15H20N2O3. The van der Waals surface area contributed by atoms with Crippen molar-refractivity contribution in [1.82, 2.24) is 9.88 Å². The average Bonchev–Trinajstić information content (AvgIpc) is 2.94. The molecule has 5 nitrogen and oxygen atoms in total. The summed E-state index contributed by atoms with van der Waals surface area (Å²) >= 11 is 0. The van der Waals surface area contributed by atoms with E-state index in [0.717, 1.165) is 38.2 Å². The van der Waals surface area contributed by atoms with Crippen molar-refractivity contribution in [1.29, 1.82) is 0 Å². The van der Waals surface area contributed by atoms with Gasteiger partial charge in [0.15, 0.2) is 0 Å². The molecule has 3 rings (SSSR count). The van der Waals surface area contributed by atoms with E-state index in [1.54, 1.807) is 12.4 Å². The number of ether oxygens (including phenoxy) is 1. The predicted octanol–water partition coefficient (Wildman–Crippen LogP) is 1.36. The Bertz CT molecular complexity index is 459. The predicted molar refractivity (Wildman–Crippen MR) is 73.5 cm³/mol. The summed E-state index contributed by atoms with van der Waals surface area (Å²) in [5.74, 6) is -0.987. The number of nitrogens with zero attached hydrogens (tertiary/aromatic N) is 2. The van der Waals surface area contributed by atoms with Crippen LogP contribution in [0.4, 0.5) is 0 Å². The maximum Gasteiger partial charge on any atom is 0.308 e. The van der Waals surface area contributed by atoms with Gasteiger partial charge < -0.3 is 9.84 Å². The van der Waals surface area contributed by atoms with E-state index in [-0.39, 0.29) is 11.8 Å². The van der Waals surface area contributed by atoms with Gasteiger partial charge in [-0.15, -0.1) is 0 Å². The van der Waals surface area contributed by atoms with E-state index >= 15 is 0 Å². The quantitative estimate of drug-likeness (QED) is 0.903. The summed E-state index contributed by atoms with van der Waals surface area (Å²) in [5, 5.41) is 9.49. The first-order chi connectivity index (χ1) is 9.75. The van der Waals surface area contributed by atoms with Crippen LogP contribution in [0, 0.1) is 5.92 Å². The monoisotopic (exact) mass is 276 g/mol. The molecule has 108 valence electrons. The maximum atomic E-state index is 11.5. The first-order valence-corrected chi connectivity index (χ1v) is 7.20. The van der Waals surface area contributed by atoms with Crippen LogP contribution in [0.25, 0.3) is 0 Å². The van der Waals surface area contributed by atoms with Crippen LogP contribution in [0.1, 0.15) is 24.3 Å². The van der Waals surface area contributed by atoms with E-state index in [1.165, 1.54) is 0 Å². The molecule has 2 unspecified atom stereocenters. The van der Waals surface area contributed by atoms with Gasteiger partial charge in [0.25, 0.3) is 0 Å². The maximum absolute atomic E-state index is 11.5. The van der Waals surface area contributed by atoms with Crippen molar-refractivity contribution < 1.29 is 14.6 Å². The largest absolute Gasteiger partial charge is 0.481 e. The highest BCUT2D eigenvalue weighted by molar-refractivity contribution is 5.72. The lowest BCUT2D eigenvalue weighted by molar-refractivity contribution is -0.141. The van der Waals surface area contributed by atoms with Gasteiger partial charge in [0.2, 0.25) is 0 Å². The van der Waals surface area contributed by atoms with Crippen LogP contribution in [0.15, 0.2) is 24.5 Å². The minimum atomic E-state index is -0.701. The number of carboxylic acid groups (broad SMARTS) is 1. The molecule has 0 radical (unpaired) electrons. The minimum absolute atomic E-state index is 0.0454. The van der Waals surface area contributed by atoms with Crippen LogP contribution in [-0.4, -0.2) is 53.3 Å². The zero-order chi connectivity index (χ0) is 13.9. The Morgan fingerprint density at radius 1 is 1.35 bits per heavy atom. The van der Waals surface area contributed by atoms with Gasteiger partial charge in [-0.05, 0) is 24.5 Å². The second kappa shape index (κ2) is 5.89. The molecule has 0 saturated carbocycles. The summed E-state index contributed by atoms with van der Waals surface area (Å²) in [6.45, 7) is 3.03. The Hall–Kier alpha value is -1.46. The molecule has 2 saturated heterocycles. The Morgan fingerprint density at radius 3 is 2.80 bits per heavy atom. The number of carboxylic acids is 1. The summed E-state index contributed by atoms with van der Waals surface area (Å²) in [5.41, 5.74) is 1.04. The van der Waals surface area contributed by atoms with Gasteiger partial charge in [-0.25, -0.2) is 0 Å². The second-order valence-corrected chi connectivity index (χ2v) is 5.64. The van der Waals surface area contributed by atoms with Crippen LogP contribution in [0.2, 0.25) is 0 Å². The van der Waals surface area contributed by atoms with Crippen LogP contribution in [0.3, 0.4) is 0 Å². The summed E-state index contributed by atoms with van der Waals surface area (Å²) in [7, 11) is 0. The van der Waals surface area contributed by atoms with Crippen molar-refractivity contribution in [3.05, 3.63) is 30.1 Å². The highest BCUT2D eigenvalue weighted by Crippen LogP contribution is 2.35. The molecule has 1 N–H and O–H groups in total. The normalized spacial score (nSPS) is 28.6. The Morgan fingerprint density at radius 2 is 2.15 bits per heavy atom. The van der Waals surface area contributed by atoms with Gasteiger partial charge >= 0.3 is 5.97 Å². The van der Waals surface area contributed by atoms with Crippen molar-refractivity contribution in [3.8, 4) is 0 Å². The van der Waals surface area contributed by atoms with Crippen molar-refractivity contribution in [2.24, 2.45) is 5.92 Å². The highest BCUT2D eigenvalue weighted by Gasteiger charge is 2.41. The molecule has 2 aliphatic rings. The fourth-order valence-electron chi connectivity index (χ4n) is 3.37. The second-order valence-electron chi connectivity index (χ2n) is 5.64. The zero-order valence-electron chi connectivity index (χ0n) is 11.4. The SMILES string of the molecule is O=C(O)C1CN(C2CCOCC2)CC1c1cccnc1. The third kappa shape index (κ3) is 2.69. The zero-order valence-corrected chi connectivity index (χ0v) is 11.4. The van der Waals surface area contributed by atoms with Gasteiger partial charge in [0, 0.05) is 50.7 Å². The number of rotatable bonds is 3. The van der Waals surface area contributed by atoms with Gasteiger partial charge in [0.1, 0.15) is 0 Å². The first-order valence-electron chi connectivity index (χ1n) is 7.20. The molecule has 0 amide bonds. The van der Waals surface area contributed by atoms with Crippen LogP contribution in [-0.2, 0) is 9.53 Å². The van der Waals surface area contributed by atoms with Crippen molar-refractivity contribution in [2.75, 3.05) is 26.3 Å². The lowest BCUT2D eigenvalue weighted by atomic mass is 9.90. The molecule has 3 heterocycles. The van der Waals surface area contributed by atoms with E-state index in [4.69, 9.17) is 4.74 Å². The Labute approximate surface area is 118 Å². The molecule has 5 heteroatoms. The van der Waals surface area contributed by atoms with E-state index in [2.05, 4.69) is 9.88 Å². The van der Waals surface area contributed by atoms with E-state index < -0.39 is 5.97 Å². The number of hydrogen-bond donors (Lipinski definition) is 1. The van der Waals surface area contributed by atoms with Crippen molar-refractivity contribution in [2.45, 2.75) is 24.8 Å². The third-order valence-corrected chi connectivity index (χ3v) is 4.49. The number of aliphatic carboxylic acids is 1. The molecule has 0 spiro atoms. The number of likely N-dealkylation sites (tertiary alicyclic amines) is 1. The molecule has 1 aromatic rings. The van der Waals surface area contributed by atoms with E-state index in [1.807, 2.05) is 12.1 Å². The fourth-order valence-corrected chi connectivity index (χ4v) is 3.37. The van der Waals surface area contributed by atoms with Gasteiger partial charge in [0.05, 0.1) is 5.92 Å². The van der Waals surface area contributed by atoms with Crippen molar-refractivity contribution >= 4 is 5.97 Å². The summed E-state index contributed by atoms with van der Waals surface area (Å²) in [6, 6.07) is 4.33. The smallest absolute Gasteiger partial charge is 0.308 e. The Balaban J connectivity index is 1.77. The van der Waals surface area contributed by atoms with Crippen LogP contribution >= 0.6 is 0 Å². The molecule has 20 heavy (non-hydrogen) atoms. The third-order valence-electron chi connectivity index (χ3n) is 4.49.